The molecule has 0 heterocycles. The normalized spacial score (nSPS) is 15.3. The molecule has 0 aliphatic heterocycles. The first-order valence-corrected chi connectivity index (χ1v) is 4.93. The molecular formula is C10H20ClNO. The monoisotopic (exact) mass is 205 g/mol. The van der Waals surface area contributed by atoms with Crippen molar-refractivity contribution in [3.05, 3.63) is 0 Å². The molecule has 0 aliphatic rings. The number of alkyl halides is 1. The summed E-state index contributed by atoms with van der Waals surface area (Å²) in [6, 6.07) is 0. The highest BCUT2D eigenvalue weighted by molar-refractivity contribution is 6.24. The summed E-state index contributed by atoms with van der Waals surface area (Å²) in [5.74, 6) is -0.180. The van der Waals surface area contributed by atoms with Gasteiger partial charge in [-0.1, -0.05) is 6.92 Å². The van der Waals surface area contributed by atoms with E-state index in [0.29, 0.717) is 0 Å². The van der Waals surface area contributed by atoms with Crippen LogP contribution in [-0.2, 0) is 4.79 Å². The van der Waals surface area contributed by atoms with Crippen molar-refractivity contribution < 1.29 is 4.79 Å². The Hall–Kier alpha value is -0.240. The number of halogens is 1. The van der Waals surface area contributed by atoms with Crippen LogP contribution in [0.25, 0.3) is 0 Å². The lowest BCUT2D eigenvalue weighted by Gasteiger charge is -2.28. The lowest BCUT2D eigenvalue weighted by Crippen LogP contribution is -2.47. The summed E-state index contributed by atoms with van der Waals surface area (Å²) in [5.41, 5.74) is -0.187. The highest BCUT2D eigenvalue weighted by Crippen LogP contribution is 2.24. The molecule has 0 aliphatic carbocycles. The third-order valence-corrected chi connectivity index (χ3v) is 2.25. The summed E-state index contributed by atoms with van der Waals surface area (Å²) in [6.07, 6.45) is 0. The molecule has 1 amide bonds. The maximum atomic E-state index is 11.6. The van der Waals surface area contributed by atoms with Gasteiger partial charge in [0.05, 0.1) is 10.8 Å². The van der Waals surface area contributed by atoms with Gasteiger partial charge in [0.25, 0.3) is 0 Å². The van der Waals surface area contributed by atoms with Gasteiger partial charge in [0.15, 0.2) is 0 Å². The van der Waals surface area contributed by atoms with Gasteiger partial charge in [-0.15, -0.1) is 11.6 Å². The minimum atomic E-state index is -0.491. The summed E-state index contributed by atoms with van der Waals surface area (Å²) in [7, 11) is 0. The topological polar surface area (TPSA) is 29.1 Å². The Labute approximate surface area is 86.0 Å². The Morgan fingerprint density at radius 2 is 1.62 bits per heavy atom. The molecule has 0 rings (SSSR count). The maximum Gasteiger partial charge on any atom is 0.224 e. The van der Waals surface area contributed by atoms with Crippen molar-refractivity contribution >= 4 is 17.5 Å². The molecule has 0 aromatic heterocycles. The van der Waals surface area contributed by atoms with E-state index in [9.17, 15) is 4.79 Å². The van der Waals surface area contributed by atoms with E-state index in [1.54, 1.807) is 0 Å². The molecular weight excluding hydrogens is 186 g/mol. The predicted octanol–water partition coefficient (Wildman–Crippen LogP) is 2.55. The van der Waals surface area contributed by atoms with Gasteiger partial charge in [-0.3, -0.25) is 4.79 Å². The average Bonchev–Trinajstić information content (AvgIpc) is 1.79. The maximum absolute atomic E-state index is 11.6. The van der Waals surface area contributed by atoms with E-state index in [0.717, 1.165) is 0 Å². The first-order chi connectivity index (χ1) is 5.54. The molecule has 1 N–H and O–H groups in total. The molecule has 3 heteroatoms. The van der Waals surface area contributed by atoms with Crippen LogP contribution in [0.2, 0.25) is 0 Å². The van der Waals surface area contributed by atoms with E-state index in [4.69, 9.17) is 11.6 Å². The van der Waals surface area contributed by atoms with Crippen LogP contribution in [0, 0.1) is 5.92 Å². The minimum absolute atomic E-state index is 0.00694. The van der Waals surface area contributed by atoms with Crippen molar-refractivity contribution in [3.63, 3.8) is 0 Å². The molecule has 0 radical (unpaired) electrons. The van der Waals surface area contributed by atoms with Gasteiger partial charge < -0.3 is 5.32 Å². The number of nitrogens with one attached hydrogen (secondary N) is 1. The van der Waals surface area contributed by atoms with Crippen molar-refractivity contribution in [2.24, 2.45) is 5.92 Å². The van der Waals surface area contributed by atoms with Crippen LogP contribution >= 0.6 is 11.6 Å². The highest BCUT2D eigenvalue weighted by Gasteiger charge is 2.30. The number of carbonyl (C=O) groups excluding carboxylic acids is 1. The van der Waals surface area contributed by atoms with E-state index < -0.39 is 4.87 Å². The Kier molecular flexibility index (Phi) is 3.80. The molecule has 78 valence electrons. The van der Waals surface area contributed by atoms with Gasteiger partial charge in [0.1, 0.15) is 0 Å². The summed E-state index contributed by atoms with van der Waals surface area (Å²) in [5, 5.41) is 2.90. The second kappa shape index (κ2) is 3.87. The fraction of sp³-hybridized carbons (Fsp3) is 0.900. The van der Waals surface area contributed by atoms with Crippen LogP contribution in [0.4, 0.5) is 0 Å². The predicted molar refractivity (Wildman–Crippen MR) is 57.0 cm³/mol. The van der Waals surface area contributed by atoms with Gasteiger partial charge in [0.2, 0.25) is 5.91 Å². The second-order valence-corrected chi connectivity index (χ2v) is 6.00. The van der Waals surface area contributed by atoms with Crippen LogP contribution in [-0.4, -0.2) is 16.3 Å². The lowest BCUT2D eigenvalue weighted by atomic mass is 9.95. The number of hydrogen-bond acceptors (Lipinski definition) is 1. The zero-order valence-corrected chi connectivity index (χ0v) is 10.1. The Balaban J connectivity index is 4.30. The lowest BCUT2D eigenvalue weighted by molar-refractivity contribution is -0.126. The highest BCUT2D eigenvalue weighted by atomic mass is 35.5. The average molecular weight is 206 g/mol. The van der Waals surface area contributed by atoms with Gasteiger partial charge in [0, 0.05) is 5.54 Å². The van der Waals surface area contributed by atoms with Crippen molar-refractivity contribution in [3.8, 4) is 0 Å². The molecule has 0 saturated heterocycles. The molecule has 0 bridgehead atoms. The van der Waals surface area contributed by atoms with Gasteiger partial charge in [-0.05, 0) is 34.6 Å². The standard InChI is InChI=1S/C10H20ClNO/c1-7(10(5,6)11)8(13)12-9(2,3)4/h7H,1-6H3,(H,12,13). The third-order valence-electron chi connectivity index (χ3n) is 1.92. The molecule has 0 fully saturated rings. The Bertz CT molecular complexity index is 188. The van der Waals surface area contributed by atoms with Crippen LogP contribution in [0.3, 0.4) is 0 Å². The first-order valence-electron chi connectivity index (χ1n) is 4.55. The van der Waals surface area contributed by atoms with Crippen LogP contribution in [0.1, 0.15) is 41.5 Å². The zero-order chi connectivity index (χ0) is 10.9. The Morgan fingerprint density at radius 3 is 1.85 bits per heavy atom. The van der Waals surface area contributed by atoms with Gasteiger partial charge >= 0.3 is 0 Å². The molecule has 0 spiro atoms. The van der Waals surface area contributed by atoms with Crippen molar-refractivity contribution in [1.82, 2.24) is 5.32 Å². The fourth-order valence-electron chi connectivity index (χ4n) is 0.790. The smallest absolute Gasteiger partial charge is 0.224 e. The quantitative estimate of drug-likeness (QED) is 0.690. The van der Waals surface area contributed by atoms with Crippen LogP contribution in [0.15, 0.2) is 0 Å². The SMILES string of the molecule is CC(C(=O)NC(C)(C)C)C(C)(C)Cl. The van der Waals surface area contributed by atoms with Gasteiger partial charge in [-0.25, -0.2) is 0 Å². The molecule has 0 aromatic carbocycles. The summed E-state index contributed by atoms with van der Waals surface area (Å²) in [6.45, 7) is 11.4. The number of carbonyl (C=O) groups is 1. The number of rotatable bonds is 2. The first kappa shape index (κ1) is 12.8. The Morgan fingerprint density at radius 1 is 1.23 bits per heavy atom. The zero-order valence-electron chi connectivity index (χ0n) is 9.36. The molecule has 1 unspecified atom stereocenters. The van der Waals surface area contributed by atoms with Gasteiger partial charge in [-0.2, -0.15) is 0 Å². The van der Waals surface area contributed by atoms with Crippen LogP contribution in [0.5, 0.6) is 0 Å². The molecule has 2 nitrogen and oxygen atoms in total. The summed E-state index contributed by atoms with van der Waals surface area (Å²) < 4.78 is 0. The molecule has 0 aromatic rings. The fourth-order valence-corrected chi connectivity index (χ4v) is 0.889. The van der Waals surface area contributed by atoms with Crippen molar-refractivity contribution in [2.75, 3.05) is 0 Å². The minimum Gasteiger partial charge on any atom is -0.351 e. The summed E-state index contributed by atoms with van der Waals surface area (Å²) >= 11 is 6.05. The molecule has 1 atom stereocenters. The number of hydrogen-bond donors (Lipinski definition) is 1. The largest absolute Gasteiger partial charge is 0.351 e. The second-order valence-electron chi connectivity index (χ2n) is 5.03. The van der Waals surface area contributed by atoms with Crippen molar-refractivity contribution in [2.45, 2.75) is 52.0 Å². The van der Waals surface area contributed by atoms with E-state index in [2.05, 4.69) is 5.32 Å². The third kappa shape index (κ3) is 5.14. The van der Waals surface area contributed by atoms with Crippen molar-refractivity contribution in [1.29, 1.82) is 0 Å². The van der Waals surface area contributed by atoms with E-state index in [1.807, 2.05) is 41.5 Å². The van der Waals surface area contributed by atoms with Crippen LogP contribution < -0.4 is 5.32 Å². The molecule has 0 saturated carbocycles. The molecule has 13 heavy (non-hydrogen) atoms. The number of amides is 1. The summed E-state index contributed by atoms with van der Waals surface area (Å²) in [4.78, 5) is 11.1. The van der Waals surface area contributed by atoms with E-state index in [-0.39, 0.29) is 17.4 Å². The van der Waals surface area contributed by atoms with E-state index >= 15 is 0 Å². The van der Waals surface area contributed by atoms with E-state index in [1.165, 1.54) is 0 Å².